The molecule has 0 spiro atoms. The third-order valence-corrected chi connectivity index (χ3v) is 4.00. The Bertz CT molecular complexity index is 681. The van der Waals surface area contributed by atoms with Gasteiger partial charge in [-0.3, -0.25) is 4.79 Å². The zero-order valence-electron chi connectivity index (χ0n) is 13.0. The van der Waals surface area contributed by atoms with Crippen LogP contribution in [0.3, 0.4) is 0 Å². The van der Waals surface area contributed by atoms with Crippen molar-refractivity contribution in [3.8, 4) is 0 Å². The summed E-state index contributed by atoms with van der Waals surface area (Å²) in [5, 5.41) is 11.3. The van der Waals surface area contributed by atoms with E-state index in [0.717, 1.165) is 6.42 Å². The quantitative estimate of drug-likeness (QED) is 0.891. The summed E-state index contributed by atoms with van der Waals surface area (Å²) in [5.41, 5.74) is 1.19. The highest BCUT2D eigenvalue weighted by molar-refractivity contribution is 5.84. The summed E-state index contributed by atoms with van der Waals surface area (Å²) in [7, 11) is 1.54. The van der Waals surface area contributed by atoms with E-state index in [4.69, 9.17) is 5.11 Å². The molecule has 2 rings (SSSR count). The summed E-state index contributed by atoms with van der Waals surface area (Å²) >= 11 is 0. The van der Waals surface area contributed by atoms with Crippen LogP contribution in [0.5, 0.6) is 0 Å². The van der Waals surface area contributed by atoms with Crippen LogP contribution < -0.4 is 0 Å². The van der Waals surface area contributed by atoms with Gasteiger partial charge in [-0.2, -0.15) is 0 Å². The molecule has 0 saturated carbocycles. The lowest BCUT2D eigenvalue weighted by Gasteiger charge is -2.21. The predicted molar refractivity (Wildman–Crippen MR) is 86.8 cm³/mol. The molecule has 1 amide bonds. The molecule has 2 aromatic carbocycles. The molecule has 4 heteroatoms. The number of aliphatic carboxylic acids is 1. The number of nitrogens with zero attached hydrogens (tertiary/aromatic N) is 1. The Hall–Kier alpha value is -2.36. The van der Waals surface area contributed by atoms with Gasteiger partial charge in [-0.1, -0.05) is 42.5 Å². The molecule has 1 atom stereocenters. The van der Waals surface area contributed by atoms with Crippen LogP contribution in [0.25, 0.3) is 10.8 Å². The first-order chi connectivity index (χ1) is 10.5. The fraction of sp³-hybridized carbons (Fsp3) is 0.333. The molecular formula is C18H21NO3. The Morgan fingerprint density at radius 2 is 1.82 bits per heavy atom. The summed E-state index contributed by atoms with van der Waals surface area (Å²) in [6.45, 7) is 1.52. The van der Waals surface area contributed by atoms with Crippen LogP contribution in [0.4, 0.5) is 0 Å². The van der Waals surface area contributed by atoms with Crippen LogP contribution >= 0.6 is 0 Å². The normalized spacial score (nSPS) is 12.1. The minimum absolute atomic E-state index is 0.129. The predicted octanol–water partition coefficient (Wildman–Crippen LogP) is 3.09. The lowest BCUT2D eigenvalue weighted by molar-refractivity contribution is -0.148. The van der Waals surface area contributed by atoms with Crippen LogP contribution in [0, 0.1) is 0 Å². The standard InChI is InChI=1S/C18H21NO3/c1-13(18(21)22)19(2)17(20)9-5-6-14-10-11-15-7-3-4-8-16(15)12-14/h3-4,7-8,10-13H,5-6,9H2,1-2H3,(H,21,22). The van der Waals surface area contributed by atoms with E-state index in [2.05, 4.69) is 30.3 Å². The topological polar surface area (TPSA) is 57.6 Å². The van der Waals surface area contributed by atoms with Crippen LogP contribution in [-0.4, -0.2) is 35.0 Å². The second kappa shape index (κ2) is 7.07. The molecule has 22 heavy (non-hydrogen) atoms. The lowest BCUT2D eigenvalue weighted by atomic mass is 10.0. The van der Waals surface area contributed by atoms with Gasteiger partial charge in [0.1, 0.15) is 6.04 Å². The SMILES string of the molecule is CC(C(=O)O)N(C)C(=O)CCCc1ccc2ccccc2c1. The molecule has 0 bridgehead atoms. The van der Waals surface area contributed by atoms with Crippen molar-refractivity contribution in [3.05, 3.63) is 48.0 Å². The highest BCUT2D eigenvalue weighted by Gasteiger charge is 2.20. The van der Waals surface area contributed by atoms with Gasteiger partial charge in [0.2, 0.25) is 5.91 Å². The van der Waals surface area contributed by atoms with E-state index in [9.17, 15) is 9.59 Å². The smallest absolute Gasteiger partial charge is 0.326 e. The first-order valence-electron chi connectivity index (χ1n) is 7.45. The van der Waals surface area contributed by atoms with Crippen molar-refractivity contribution in [3.63, 3.8) is 0 Å². The van der Waals surface area contributed by atoms with Gasteiger partial charge in [0.15, 0.2) is 0 Å². The fourth-order valence-corrected chi connectivity index (χ4v) is 2.40. The zero-order chi connectivity index (χ0) is 16.1. The van der Waals surface area contributed by atoms with Gasteiger partial charge in [-0.25, -0.2) is 4.79 Å². The number of hydrogen-bond donors (Lipinski definition) is 1. The Morgan fingerprint density at radius 3 is 2.50 bits per heavy atom. The summed E-state index contributed by atoms with van der Waals surface area (Å²) in [5.74, 6) is -1.11. The van der Waals surface area contributed by atoms with Gasteiger partial charge >= 0.3 is 5.97 Å². The fourth-order valence-electron chi connectivity index (χ4n) is 2.40. The molecule has 0 aliphatic rings. The minimum Gasteiger partial charge on any atom is -0.480 e. The van der Waals surface area contributed by atoms with Crippen molar-refractivity contribution < 1.29 is 14.7 Å². The number of benzene rings is 2. The minimum atomic E-state index is -0.981. The van der Waals surface area contributed by atoms with E-state index in [-0.39, 0.29) is 5.91 Å². The molecule has 4 nitrogen and oxygen atoms in total. The van der Waals surface area contributed by atoms with Gasteiger partial charge in [-0.15, -0.1) is 0 Å². The third kappa shape index (κ3) is 3.85. The average Bonchev–Trinajstić information content (AvgIpc) is 2.53. The van der Waals surface area contributed by atoms with E-state index in [1.165, 1.54) is 35.2 Å². The second-order valence-corrected chi connectivity index (χ2v) is 5.55. The lowest BCUT2D eigenvalue weighted by Crippen LogP contribution is -2.40. The molecule has 2 aromatic rings. The summed E-state index contributed by atoms with van der Waals surface area (Å²) in [6, 6.07) is 13.7. The van der Waals surface area contributed by atoms with Crippen molar-refractivity contribution in [2.24, 2.45) is 0 Å². The van der Waals surface area contributed by atoms with Crippen molar-refractivity contribution in [2.75, 3.05) is 7.05 Å². The zero-order valence-corrected chi connectivity index (χ0v) is 13.0. The second-order valence-electron chi connectivity index (χ2n) is 5.55. The van der Waals surface area contributed by atoms with Gasteiger partial charge in [0, 0.05) is 13.5 Å². The maximum absolute atomic E-state index is 12.0. The van der Waals surface area contributed by atoms with E-state index >= 15 is 0 Å². The van der Waals surface area contributed by atoms with Crippen molar-refractivity contribution in [1.29, 1.82) is 0 Å². The van der Waals surface area contributed by atoms with E-state index < -0.39 is 12.0 Å². The van der Waals surface area contributed by atoms with Gasteiger partial charge in [0.25, 0.3) is 0 Å². The summed E-state index contributed by atoms with van der Waals surface area (Å²) in [4.78, 5) is 24.1. The number of carbonyl (C=O) groups excluding carboxylic acids is 1. The molecule has 0 aromatic heterocycles. The Morgan fingerprint density at radius 1 is 1.14 bits per heavy atom. The van der Waals surface area contributed by atoms with E-state index in [1.807, 2.05) is 12.1 Å². The number of aryl methyl sites for hydroxylation is 1. The first-order valence-corrected chi connectivity index (χ1v) is 7.45. The number of likely N-dealkylation sites (N-methyl/N-ethyl adjacent to an activating group) is 1. The number of carbonyl (C=O) groups is 2. The molecule has 1 unspecified atom stereocenters. The molecule has 0 aliphatic carbocycles. The molecule has 116 valence electrons. The molecule has 0 radical (unpaired) electrons. The van der Waals surface area contributed by atoms with Gasteiger partial charge < -0.3 is 10.0 Å². The number of carboxylic acids is 1. The van der Waals surface area contributed by atoms with E-state index in [1.54, 1.807) is 0 Å². The Balaban J connectivity index is 1.89. The van der Waals surface area contributed by atoms with Crippen LogP contribution in [-0.2, 0) is 16.0 Å². The number of hydrogen-bond acceptors (Lipinski definition) is 2. The monoisotopic (exact) mass is 299 g/mol. The van der Waals surface area contributed by atoms with Crippen molar-refractivity contribution in [1.82, 2.24) is 4.90 Å². The average molecular weight is 299 g/mol. The molecule has 1 N–H and O–H groups in total. The maximum atomic E-state index is 12.0. The highest BCUT2D eigenvalue weighted by Crippen LogP contribution is 2.17. The number of rotatable bonds is 6. The van der Waals surface area contributed by atoms with Gasteiger partial charge in [0.05, 0.1) is 0 Å². The molecule has 0 fully saturated rings. The van der Waals surface area contributed by atoms with Gasteiger partial charge in [-0.05, 0) is 36.1 Å². The molecule has 0 heterocycles. The molecular weight excluding hydrogens is 278 g/mol. The van der Waals surface area contributed by atoms with Crippen LogP contribution in [0.15, 0.2) is 42.5 Å². The van der Waals surface area contributed by atoms with Crippen molar-refractivity contribution in [2.45, 2.75) is 32.2 Å². The molecule has 0 aliphatic heterocycles. The third-order valence-electron chi connectivity index (χ3n) is 4.00. The summed E-state index contributed by atoms with van der Waals surface area (Å²) < 4.78 is 0. The first kappa shape index (κ1) is 16.0. The van der Waals surface area contributed by atoms with Crippen molar-refractivity contribution >= 4 is 22.6 Å². The maximum Gasteiger partial charge on any atom is 0.326 e. The summed E-state index contributed by atoms with van der Waals surface area (Å²) in [6.07, 6.45) is 1.89. The van der Waals surface area contributed by atoms with Crippen LogP contribution in [0.1, 0.15) is 25.3 Å². The molecule has 0 saturated heterocycles. The highest BCUT2D eigenvalue weighted by atomic mass is 16.4. The van der Waals surface area contributed by atoms with Crippen LogP contribution in [0.2, 0.25) is 0 Å². The van der Waals surface area contributed by atoms with E-state index in [0.29, 0.717) is 12.8 Å². The number of fused-ring (bicyclic) bond motifs is 1. The number of amides is 1. The Kier molecular flexibility index (Phi) is 5.15. The number of carboxylic acid groups (broad SMARTS) is 1. The Labute approximate surface area is 130 Å². The largest absolute Gasteiger partial charge is 0.480 e.